The molecule has 0 unspecified atom stereocenters. The summed E-state index contributed by atoms with van der Waals surface area (Å²) in [4.78, 5) is 17.3. The number of benzene rings is 2. The maximum Gasteiger partial charge on any atom is 0.257 e. The highest BCUT2D eigenvalue weighted by molar-refractivity contribution is 7.89. The Morgan fingerprint density at radius 2 is 1.90 bits per heavy atom. The van der Waals surface area contributed by atoms with Gasteiger partial charge in [-0.2, -0.15) is 4.31 Å². The van der Waals surface area contributed by atoms with Crippen molar-refractivity contribution in [1.82, 2.24) is 9.29 Å². The van der Waals surface area contributed by atoms with Gasteiger partial charge in [0.1, 0.15) is 5.76 Å². The molecule has 4 rings (SSSR count). The summed E-state index contributed by atoms with van der Waals surface area (Å²) in [5, 5.41) is 3.32. The summed E-state index contributed by atoms with van der Waals surface area (Å²) in [7, 11) is -2.23. The molecule has 0 bridgehead atoms. The zero-order chi connectivity index (χ0) is 22.0. The van der Waals surface area contributed by atoms with Gasteiger partial charge in [-0.1, -0.05) is 30.4 Å². The fourth-order valence-corrected chi connectivity index (χ4v) is 5.22. The summed E-state index contributed by atoms with van der Waals surface area (Å²) >= 11 is 1.41. The highest BCUT2D eigenvalue weighted by atomic mass is 32.2. The fourth-order valence-electron chi connectivity index (χ4n) is 3.18. The van der Waals surface area contributed by atoms with Gasteiger partial charge in [-0.25, -0.2) is 13.4 Å². The lowest BCUT2D eigenvalue weighted by molar-refractivity contribution is 0.102. The Morgan fingerprint density at radius 1 is 1.13 bits per heavy atom. The molecule has 2 heterocycles. The molecule has 9 heteroatoms. The minimum Gasteiger partial charge on any atom is -0.468 e. The van der Waals surface area contributed by atoms with Gasteiger partial charge in [0.05, 0.1) is 27.9 Å². The number of furan rings is 1. The third kappa shape index (κ3) is 4.39. The van der Waals surface area contributed by atoms with Crippen LogP contribution in [-0.2, 0) is 23.0 Å². The summed E-state index contributed by atoms with van der Waals surface area (Å²) in [6, 6.07) is 15.2. The SMILES string of the molecule is CCc1cccc2sc(NC(=O)c3ccc(S(=O)(=O)N(C)Cc4ccco4)cc3)nc12. The number of sulfonamides is 1. The van der Waals surface area contributed by atoms with Crippen molar-refractivity contribution in [3.8, 4) is 0 Å². The smallest absolute Gasteiger partial charge is 0.257 e. The maximum atomic E-state index is 12.8. The highest BCUT2D eigenvalue weighted by Gasteiger charge is 2.22. The average molecular weight is 456 g/mol. The van der Waals surface area contributed by atoms with E-state index in [1.165, 1.54) is 53.2 Å². The highest BCUT2D eigenvalue weighted by Crippen LogP contribution is 2.29. The van der Waals surface area contributed by atoms with E-state index in [2.05, 4.69) is 17.2 Å². The lowest BCUT2D eigenvalue weighted by Gasteiger charge is -2.16. The number of carbonyl (C=O) groups excluding carboxylic acids is 1. The third-order valence-corrected chi connectivity index (χ3v) is 7.64. The first-order valence-electron chi connectivity index (χ1n) is 9.67. The van der Waals surface area contributed by atoms with Gasteiger partial charge in [0.2, 0.25) is 10.0 Å². The molecule has 0 radical (unpaired) electrons. The van der Waals surface area contributed by atoms with Gasteiger partial charge in [-0.15, -0.1) is 0 Å². The van der Waals surface area contributed by atoms with E-state index in [0.717, 1.165) is 22.2 Å². The molecule has 2 aromatic carbocycles. The first-order valence-corrected chi connectivity index (χ1v) is 11.9. The average Bonchev–Trinajstić information content (AvgIpc) is 3.42. The number of aryl methyl sites for hydroxylation is 1. The van der Waals surface area contributed by atoms with Gasteiger partial charge >= 0.3 is 0 Å². The minimum atomic E-state index is -3.71. The van der Waals surface area contributed by atoms with Gasteiger partial charge < -0.3 is 4.42 Å². The van der Waals surface area contributed by atoms with E-state index in [4.69, 9.17) is 4.42 Å². The molecule has 0 aliphatic carbocycles. The van der Waals surface area contributed by atoms with Crippen LogP contribution in [0, 0.1) is 0 Å². The zero-order valence-corrected chi connectivity index (χ0v) is 18.7. The Morgan fingerprint density at radius 3 is 2.58 bits per heavy atom. The number of hydrogen-bond donors (Lipinski definition) is 1. The molecule has 0 aliphatic rings. The van der Waals surface area contributed by atoms with Crippen molar-refractivity contribution in [2.75, 3.05) is 12.4 Å². The van der Waals surface area contributed by atoms with Crippen LogP contribution < -0.4 is 5.32 Å². The summed E-state index contributed by atoms with van der Waals surface area (Å²) < 4.78 is 33.0. The zero-order valence-electron chi connectivity index (χ0n) is 17.0. The number of nitrogens with zero attached hydrogens (tertiary/aromatic N) is 2. The summed E-state index contributed by atoms with van der Waals surface area (Å²) in [6.45, 7) is 2.18. The predicted octanol–water partition coefficient (Wildman–Crippen LogP) is 4.52. The van der Waals surface area contributed by atoms with Crippen molar-refractivity contribution < 1.29 is 17.6 Å². The number of hydrogen-bond acceptors (Lipinski definition) is 6. The van der Waals surface area contributed by atoms with Crippen LogP contribution in [0.5, 0.6) is 0 Å². The molecule has 0 fully saturated rings. The number of nitrogens with one attached hydrogen (secondary N) is 1. The fraction of sp³-hybridized carbons (Fsp3) is 0.182. The number of para-hydroxylation sites is 1. The minimum absolute atomic E-state index is 0.102. The van der Waals surface area contributed by atoms with Crippen LogP contribution in [0.2, 0.25) is 0 Å². The molecule has 0 saturated heterocycles. The van der Waals surface area contributed by atoms with Crippen LogP contribution >= 0.6 is 11.3 Å². The van der Waals surface area contributed by atoms with Crippen LogP contribution in [0.25, 0.3) is 10.2 Å². The maximum absolute atomic E-state index is 12.8. The molecule has 160 valence electrons. The largest absolute Gasteiger partial charge is 0.468 e. The number of fused-ring (bicyclic) bond motifs is 1. The lowest BCUT2D eigenvalue weighted by atomic mass is 10.1. The van der Waals surface area contributed by atoms with Crippen molar-refractivity contribution in [1.29, 1.82) is 0 Å². The lowest BCUT2D eigenvalue weighted by Crippen LogP contribution is -2.26. The molecule has 0 atom stereocenters. The Hall–Kier alpha value is -3.01. The van der Waals surface area contributed by atoms with Crippen molar-refractivity contribution in [3.05, 3.63) is 77.7 Å². The van der Waals surface area contributed by atoms with Crippen molar-refractivity contribution in [2.24, 2.45) is 0 Å². The van der Waals surface area contributed by atoms with Crippen LogP contribution in [0.1, 0.15) is 28.6 Å². The van der Waals surface area contributed by atoms with Crippen molar-refractivity contribution >= 4 is 42.6 Å². The molecule has 31 heavy (non-hydrogen) atoms. The normalized spacial score (nSPS) is 11.8. The molecular weight excluding hydrogens is 434 g/mol. The molecule has 2 aromatic heterocycles. The van der Waals surface area contributed by atoms with Crippen LogP contribution in [0.15, 0.2) is 70.2 Å². The van der Waals surface area contributed by atoms with Crippen molar-refractivity contribution in [3.63, 3.8) is 0 Å². The van der Waals surface area contributed by atoms with Gasteiger partial charge in [0.15, 0.2) is 5.13 Å². The molecule has 1 N–H and O–H groups in total. The topological polar surface area (TPSA) is 92.5 Å². The van der Waals surface area contributed by atoms with Crippen LogP contribution in [0.3, 0.4) is 0 Å². The van der Waals surface area contributed by atoms with Gasteiger partial charge in [-0.05, 0) is 54.4 Å². The Kier molecular flexibility index (Phi) is 5.90. The van der Waals surface area contributed by atoms with E-state index >= 15 is 0 Å². The molecule has 0 spiro atoms. The molecule has 1 amide bonds. The number of rotatable bonds is 7. The first kappa shape index (κ1) is 21.2. The van der Waals surface area contributed by atoms with Gasteiger partial charge in [0.25, 0.3) is 5.91 Å². The quantitative estimate of drug-likeness (QED) is 0.442. The Bertz CT molecular complexity index is 1310. The number of anilines is 1. The second kappa shape index (κ2) is 8.62. The van der Waals surface area contributed by atoms with E-state index in [9.17, 15) is 13.2 Å². The third-order valence-electron chi connectivity index (χ3n) is 4.89. The second-order valence-electron chi connectivity index (χ2n) is 6.96. The van der Waals surface area contributed by atoms with E-state index < -0.39 is 10.0 Å². The van der Waals surface area contributed by atoms with Gasteiger partial charge in [0, 0.05) is 12.6 Å². The number of aromatic nitrogens is 1. The second-order valence-corrected chi connectivity index (χ2v) is 10.0. The molecule has 0 saturated carbocycles. The summed E-state index contributed by atoms with van der Waals surface area (Å²) in [5.74, 6) is 0.203. The van der Waals surface area contributed by atoms with E-state index in [0.29, 0.717) is 16.5 Å². The monoisotopic (exact) mass is 455 g/mol. The first-order chi connectivity index (χ1) is 14.9. The number of amides is 1. The van der Waals surface area contributed by atoms with Crippen LogP contribution in [-0.4, -0.2) is 30.7 Å². The summed E-state index contributed by atoms with van der Waals surface area (Å²) in [6.07, 6.45) is 2.36. The summed E-state index contributed by atoms with van der Waals surface area (Å²) in [5.41, 5.74) is 2.37. The molecular formula is C22H21N3O4S2. The van der Waals surface area contributed by atoms with Gasteiger partial charge in [-0.3, -0.25) is 10.1 Å². The van der Waals surface area contributed by atoms with Crippen LogP contribution in [0.4, 0.5) is 5.13 Å². The number of thiazole rings is 1. The molecule has 7 nitrogen and oxygen atoms in total. The van der Waals surface area contributed by atoms with E-state index in [-0.39, 0.29) is 17.3 Å². The standard InChI is InChI=1S/C22H21N3O4S2/c1-3-15-6-4-8-19-20(15)23-22(30-19)24-21(26)16-9-11-18(12-10-16)31(27,28)25(2)14-17-7-5-13-29-17/h4-13H,3,14H2,1-2H3,(H,23,24,26). The molecule has 4 aromatic rings. The molecule has 0 aliphatic heterocycles. The van der Waals surface area contributed by atoms with Crippen molar-refractivity contribution in [2.45, 2.75) is 24.8 Å². The van der Waals surface area contributed by atoms with E-state index in [1.54, 1.807) is 12.1 Å². The number of carbonyl (C=O) groups is 1. The predicted molar refractivity (Wildman–Crippen MR) is 121 cm³/mol. The van der Waals surface area contributed by atoms with E-state index in [1.807, 2.05) is 18.2 Å². The Balaban J connectivity index is 1.49. The Labute approximate surface area is 184 Å².